The van der Waals surface area contributed by atoms with Crippen molar-refractivity contribution < 1.29 is 5.11 Å². The van der Waals surface area contributed by atoms with Crippen LogP contribution >= 0.6 is 0 Å². The summed E-state index contributed by atoms with van der Waals surface area (Å²) in [5.41, 5.74) is 3.80. The van der Waals surface area contributed by atoms with Gasteiger partial charge in [0.25, 0.3) is 0 Å². The summed E-state index contributed by atoms with van der Waals surface area (Å²) in [5.74, 6) is 2.26. The number of para-hydroxylation sites is 2. The largest absolute Gasteiger partial charge is 0.396 e. The molecule has 4 heterocycles. The number of aromatic nitrogens is 5. The standard InChI is InChI=1S/C21H24N6O/c28-14-15-5-4-10-26(11-15)13-20-25-18-8-3-9-22-21(18)27(20)12-19-23-16-6-1-2-7-17(16)24-19/h1-3,6-9,15,28H,4-5,10-14H2,(H,23,24). The van der Waals surface area contributed by atoms with E-state index in [4.69, 9.17) is 9.97 Å². The normalized spacial score (nSPS) is 18.2. The van der Waals surface area contributed by atoms with Crippen molar-refractivity contribution in [3.05, 3.63) is 54.2 Å². The van der Waals surface area contributed by atoms with Gasteiger partial charge in [0.15, 0.2) is 5.65 Å². The summed E-state index contributed by atoms with van der Waals surface area (Å²) < 4.78 is 2.16. The monoisotopic (exact) mass is 376 g/mol. The molecule has 1 aliphatic rings. The van der Waals surface area contributed by atoms with E-state index >= 15 is 0 Å². The molecule has 28 heavy (non-hydrogen) atoms. The zero-order valence-electron chi connectivity index (χ0n) is 15.8. The van der Waals surface area contributed by atoms with Crippen LogP contribution in [0.2, 0.25) is 0 Å². The first-order valence-electron chi connectivity index (χ1n) is 9.87. The third-order valence-corrected chi connectivity index (χ3v) is 5.56. The van der Waals surface area contributed by atoms with Gasteiger partial charge in [0, 0.05) is 19.3 Å². The van der Waals surface area contributed by atoms with Crippen LogP contribution in [0.3, 0.4) is 0 Å². The Morgan fingerprint density at radius 1 is 1.07 bits per heavy atom. The molecule has 0 bridgehead atoms. The summed E-state index contributed by atoms with van der Waals surface area (Å²) in [6, 6.07) is 12.0. The highest BCUT2D eigenvalue weighted by atomic mass is 16.3. The maximum atomic E-state index is 9.54. The van der Waals surface area contributed by atoms with E-state index in [0.717, 1.165) is 66.3 Å². The maximum absolute atomic E-state index is 9.54. The second kappa shape index (κ2) is 7.33. The Morgan fingerprint density at radius 3 is 2.86 bits per heavy atom. The Labute approximate surface area is 163 Å². The van der Waals surface area contributed by atoms with Crippen LogP contribution in [0.15, 0.2) is 42.6 Å². The van der Waals surface area contributed by atoms with Crippen LogP contribution in [0.1, 0.15) is 24.5 Å². The first-order valence-corrected chi connectivity index (χ1v) is 9.87. The molecule has 2 N–H and O–H groups in total. The topological polar surface area (TPSA) is 82.9 Å². The number of H-pyrrole nitrogens is 1. The molecule has 3 aromatic heterocycles. The number of hydrogen-bond acceptors (Lipinski definition) is 5. The molecule has 0 aliphatic carbocycles. The van der Waals surface area contributed by atoms with E-state index in [2.05, 4.69) is 19.4 Å². The predicted molar refractivity (Wildman–Crippen MR) is 108 cm³/mol. The van der Waals surface area contributed by atoms with Crippen molar-refractivity contribution in [2.45, 2.75) is 25.9 Å². The second-order valence-electron chi connectivity index (χ2n) is 7.59. The van der Waals surface area contributed by atoms with Crippen molar-refractivity contribution in [2.75, 3.05) is 19.7 Å². The number of imidazole rings is 2. The number of benzene rings is 1. The molecule has 0 spiro atoms. The number of likely N-dealkylation sites (tertiary alicyclic amines) is 1. The van der Waals surface area contributed by atoms with Crippen LogP contribution < -0.4 is 0 Å². The molecule has 0 radical (unpaired) electrons. The van der Waals surface area contributed by atoms with Crippen molar-refractivity contribution in [3.8, 4) is 0 Å². The fourth-order valence-corrected chi connectivity index (χ4v) is 4.17. The predicted octanol–water partition coefficient (Wildman–Crippen LogP) is 2.56. The van der Waals surface area contributed by atoms with Crippen molar-refractivity contribution >= 4 is 22.2 Å². The summed E-state index contributed by atoms with van der Waals surface area (Å²) in [6.07, 6.45) is 4.03. The van der Waals surface area contributed by atoms with Gasteiger partial charge in [-0.3, -0.25) is 4.90 Å². The number of hydrogen-bond donors (Lipinski definition) is 2. The van der Waals surface area contributed by atoms with Gasteiger partial charge >= 0.3 is 0 Å². The van der Waals surface area contributed by atoms with Gasteiger partial charge in [-0.15, -0.1) is 0 Å². The molecule has 1 unspecified atom stereocenters. The molecule has 1 aliphatic heterocycles. The van der Waals surface area contributed by atoms with Crippen LogP contribution in [0, 0.1) is 5.92 Å². The molecule has 0 amide bonds. The van der Waals surface area contributed by atoms with Gasteiger partial charge in [0.1, 0.15) is 17.2 Å². The van der Waals surface area contributed by atoms with Gasteiger partial charge in [-0.2, -0.15) is 0 Å². The van der Waals surface area contributed by atoms with Gasteiger partial charge in [-0.1, -0.05) is 12.1 Å². The quantitative estimate of drug-likeness (QED) is 0.559. The van der Waals surface area contributed by atoms with E-state index in [-0.39, 0.29) is 6.61 Å². The number of rotatable bonds is 5. The highest BCUT2D eigenvalue weighted by Gasteiger charge is 2.22. The van der Waals surface area contributed by atoms with Crippen LogP contribution in [0.5, 0.6) is 0 Å². The molecular weight excluding hydrogens is 352 g/mol. The Bertz CT molecular complexity index is 1070. The Kier molecular flexibility index (Phi) is 4.54. The van der Waals surface area contributed by atoms with Crippen LogP contribution in [0.25, 0.3) is 22.2 Å². The minimum atomic E-state index is 0.257. The summed E-state index contributed by atoms with van der Waals surface area (Å²) in [4.78, 5) is 20.0. The van der Waals surface area contributed by atoms with Crippen LogP contribution in [-0.4, -0.2) is 54.2 Å². The lowest BCUT2D eigenvalue weighted by Crippen LogP contribution is -2.37. The van der Waals surface area contributed by atoms with E-state index < -0.39 is 0 Å². The Morgan fingerprint density at radius 2 is 1.96 bits per heavy atom. The highest BCUT2D eigenvalue weighted by Crippen LogP contribution is 2.21. The first kappa shape index (κ1) is 17.3. The number of nitrogens with zero attached hydrogens (tertiary/aromatic N) is 5. The van der Waals surface area contributed by atoms with E-state index in [0.29, 0.717) is 12.5 Å². The lowest BCUT2D eigenvalue weighted by molar-refractivity contribution is 0.113. The number of aromatic amines is 1. The van der Waals surface area contributed by atoms with Gasteiger partial charge in [0.05, 0.1) is 24.1 Å². The van der Waals surface area contributed by atoms with E-state index in [1.165, 1.54) is 0 Å². The van der Waals surface area contributed by atoms with Crippen molar-refractivity contribution in [3.63, 3.8) is 0 Å². The average Bonchev–Trinajstić information content (AvgIpc) is 3.29. The lowest BCUT2D eigenvalue weighted by Gasteiger charge is -2.31. The summed E-state index contributed by atoms with van der Waals surface area (Å²) in [6.45, 7) is 3.57. The summed E-state index contributed by atoms with van der Waals surface area (Å²) in [7, 11) is 0. The molecule has 1 saturated heterocycles. The first-order chi connectivity index (χ1) is 13.8. The van der Waals surface area contributed by atoms with Gasteiger partial charge in [-0.05, 0) is 49.6 Å². The fraction of sp³-hybridized carbons (Fsp3) is 0.381. The minimum absolute atomic E-state index is 0.257. The van der Waals surface area contributed by atoms with Gasteiger partial charge in [0.2, 0.25) is 0 Å². The number of pyridine rings is 1. The second-order valence-corrected chi connectivity index (χ2v) is 7.59. The van der Waals surface area contributed by atoms with Gasteiger partial charge in [-0.25, -0.2) is 15.0 Å². The van der Waals surface area contributed by atoms with Crippen molar-refractivity contribution in [1.82, 2.24) is 29.4 Å². The molecule has 144 valence electrons. The molecule has 1 atom stereocenters. The SMILES string of the molecule is OCC1CCCN(Cc2nc3cccnc3n2Cc2nc3ccccc3[nH]2)C1. The number of fused-ring (bicyclic) bond motifs is 2. The molecule has 4 aromatic rings. The van der Waals surface area contributed by atoms with Crippen LogP contribution in [-0.2, 0) is 13.1 Å². The van der Waals surface area contributed by atoms with Crippen molar-refractivity contribution in [2.24, 2.45) is 5.92 Å². The molecule has 1 aromatic carbocycles. The number of piperidine rings is 1. The summed E-state index contributed by atoms with van der Waals surface area (Å²) >= 11 is 0. The molecular formula is C21H24N6O. The third-order valence-electron chi connectivity index (χ3n) is 5.56. The minimum Gasteiger partial charge on any atom is -0.396 e. The maximum Gasteiger partial charge on any atom is 0.160 e. The van der Waals surface area contributed by atoms with E-state index in [1.807, 2.05) is 42.6 Å². The molecule has 7 nitrogen and oxygen atoms in total. The zero-order chi connectivity index (χ0) is 18.9. The zero-order valence-corrected chi connectivity index (χ0v) is 15.8. The smallest absolute Gasteiger partial charge is 0.160 e. The molecule has 0 saturated carbocycles. The summed E-state index contributed by atoms with van der Waals surface area (Å²) in [5, 5.41) is 9.54. The van der Waals surface area contributed by atoms with Crippen LogP contribution in [0.4, 0.5) is 0 Å². The fourth-order valence-electron chi connectivity index (χ4n) is 4.17. The van der Waals surface area contributed by atoms with Crippen molar-refractivity contribution in [1.29, 1.82) is 0 Å². The lowest BCUT2D eigenvalue weighted by atomic mass is 9.99. The average molecular weight is 376 g/mol. The Balaban J connectivity index is 1.48. The van der Waals surface area contributed by atoms with Gasteiger partial charge < -0.3 is 14.7 Å². The highest BCUT2D eigenvalue weighted by molar-refractivity contribution is 5.75. The van der Waals surface area contributed by atoms with E-state index in [1.54, 1.807) is 0 Å². The molecule has 1 fully saturated rings. The third kappa shape index (κ3) is 3.27. The number of aliphatic hydroxyl groups excluding tert-OH is 1. The molecule has 7 heteroatoms. The van der Waals surface area contributed by atoms with E-state index in [9.17, 15) is 5.11 Å². The Hall–Kier alpha value is -2.77. The number of aliphatic hydroxyl groups is 1. The number of nitrogens with one attached hydrogen (secondary N) is 1. The molecule has 5 rings (SSSR count).